The van der Waals surface area contributed by atoms with Gasteiger partial charge in [-0.3, -0.25) is 4.79 Å². The maximum absolute atomic E-state index is 11.6. The molecule has 1 amide bonds. The molecule has 0 saturated heterocycles. The van der Waals surface area contributed by atoms with Crippen molar-refractivity contribution in [1.29, 1.82) is 0 Å². The number of hydrogen-bond acceptors (Lipinski definition) is 4. The van der Waals surface area contributed by atoms with Gasteiger partial charge in [0.15, 0.2) is 13.2 Å². The molecule has 7 heteroatoms. The average Bonchev–Trinajstić information content (AvgIpc) is 2.43. The first-order chi connectivity index (χ1) is 10.2. The number of nitrogens with one attached hydrogen (secondary N) is 1. The summed E-state index contributed by atoms with van der Waals surface area (Å²) < 4.78 is 10.0. The molecule has 0 fully saturated rings. The number of amides is 1. The minimum atomic E-state index is -0.657. The quantitative estimate of drug-likeness (QED) is 0.769. The molecule has 0 aliphatic carbocycles. The van der Waals surface area contributed by atoms with Crippen molar-refractivity contribution in [3.63, 3.8) is 0 Å². The zero-order valence-electron chi connectivity index (χ0n) is 12.7. The van der Waals surface area contributed by atoms with Gasteiger partial charge in [0.25, 0.3) is 5.91 Å². The van der Waals surface area contributed by atoms with Gasteiger partial charge >= 0.3 is 5.97 Å². The van der Waals surface area contributed by atoms with E-state index in [-0.39, 0.29) is 24.7 Å². The van der Waals surface area contributed by atoms with Crippen molar-refractivity contribution in [2.24, 2.45) is 0 Å². The van der Waals surface area contributed by atoms with Crippen LogP contribution in [0.2, 0.25) is 10.0 Å². The lowest BCUT2D eigenvalue weighted by Gasteiger charge is -2.24. The highest BCUT2D eigenvalue weighted by Crippen LogP contribution is 2.27. The van der Waals surface area contributed by atoms with E-state index in [1.165, 1.54) is 6.07 Å². The maximum Gasteiger partial charge on any atom is 0.344 e. The number of esters is 1. The fourth-order valence-electron chi connectivity index (χ4n) is 1.42. The van der Waals surface area contributed by atoms with Gasteiger partial charge in [-0.2, -0.15) is 0 Å². The largest absolute Gasteiger partial charge is 0.480 e. The fraction of sp³-hybridized carbons (Fsp3) is 0.467. The highest BCUT2D eigenvalue weighted by Gasteiger charge is 2.18. The second-order valence-electron chi connectivity index (χ2n) is 5.31. The standard InChI is InChI=1S/C15H19Cl2NO4/c1-4-15(2,3)18-13(19)8-22-14(20)9-21-12-6-5-10(16)7-11(12)17/h5-7H,4,8-9H2,1-3H3,(H,18,19). The van der Waals surface area contributed by atoms with Crippen LogP contribution < -0.4 is 10.1 Å². The van der Waals surface area contributed by atoms with Crippen LogP contribution in [0, 0.1) is 0 Å². The molecule has 0 saturated carbocycles. The molecule has 1 aromatic carbocycles. The summed E-state index contributed by atoms with van der Waals surface area (Å²) in [6.45, 7) is 5.04. The summed E-state index contributed by atoms with van der Waals surface area (Å²) in [5.41, 5.74) is -0.336. The molecule has 1 rings (SSSR count). The summed E-state index contributed by atoms with van der Waals surface area (Å²) in [5, 5.41) is 3.52. The third kappa shape index (κ3) is 6.54. The first-order valence-corrected chi connectivity index (χ1v) is 7.53. The van der Waals surface area contributed by atoms with E-state index >= 15 is 0 Å². The molecule has 22 heavy (non-hydrogen) atoms. The summed E-state index contributed by atoms with van der Waals surface area (Å²) in [6.07, 6.45) is 0.769. The third-order valence-corrected chi connectivity index (χ3v) is 3.50. The molecule has 0 aliphatic heterocycles. The Kier molecular flexibility index (Phi) is 6.97. The smallest absolute Gasteiger partial charge is 0.344 e. The normalized spacial score (nSPS) is 11.0. The first kappa shape index (κ1) is 18.6. The number of rotatable bonds is 7. The lowest BCUT2D eigenvalue weighted by molar-refractivity contribution is -0.150. The second kappa shape index (κ2) is 8.25. The van der Waals surface area contributed by atoms with Crippen molar-refractivity contribution in [1.82, 2.24) is 5.32 Å². The topological polar surface area (TPSA) is 64.6 Å². The monoisotopic (exact) mass is 347 g/mol. The Balaban J connectivity index is 2.36. The summed E-state index contributed by atoms with van der Waals surface area (Å²) in [6, 6.07) is 4.65. The minimum Gasteiger partial charge on any atom is -0.480 e. The van der Waals surface area contributed by atoms with Crippen LogP contribution in [0.25, 0.3) is 0 Å². The number of benzene rings is 1. The zero-order chi connectivity index (χ0) is 16.8. The summed E-state index contributed by atoms with van der Waals surface area (Å²) >= 11 is 11.7. The Hall–Kier alpha value is -1.46. The van der Waals surface area contributed by atoms with Crippen LogP contribution in [0.5, 0.6) is 5.75 Å². The maximum atomic E-state index is 11.6. The highest BCUT2D eigenvalue weighted by atomic mass is 35.5. The number of carbonyl (C=O) groups excluding carboxylic acids is 2. The lowest BCUT2D eigenvalue weighted by atomic mass is 10.0. The molecule has 0 radical (unpaired) electrons. The van der Waals surface area contributed by atoms with Gasteiger partial charge in [-0.15, -0.1) is 0 Å². The third-order valence-electron chi connectivity index (χ3n) is 2.97. The van der Waals surface area contributed by atoms with Crippen LogP contribution in [0.15, 0.2) is 18.2 Å². The molecule has 0 aromatic heterocycles. The van der Waals surface area contributed by atoms with Crippen LogP contribution in [0.1, 0.15) is 27.2 Å². The Morgan fingerprint density at radius 1 is 1.23 bits per heavy atom. The number of halogens is 2. The van der Waals surface area contributed by atoms with E-state index in [1.54, 1.807) is 12.1 Å². The van der Waals surface area contributed by atoms with Gasteiger partial charge in [-0.1, -0.05) is 30.1 Å². The van der Waals surface area contributed by atoms with E-state index in [2.05, 4.69) is 5.32 Å². The molecule has 0 atom stereocenters. The molecule has 0 unspecified atom stereocenters. The van der Waals surface area contributed by atoms with Gasteiger partial charge in [0.05, 0.1) is 5.02 Å². The lowest BCUT2D eigenvalue weighted by Crippen LogP contribution is -2.44. The molecular weight excluding hydrogens is 329 g/mol. The van der Waals surface area contributed by atoms with Crippen LogP contribution in [-0.2, 0) is 14.3 Å². The predicted molar refractivity (Wildman–Crippen MR) is 85.4 cm³/mol. The zero-order valence-corrected chi connectivity index (χ0v) is 14.3. The van der Waals surface area contributed by atoms with Crippen LogP contribution >= 0.6 is 23.2 Å². The van der Waals surface area contributed by atoms with Crippen molar-refractivity contribution in [2.45, 2.75) is 32.7 Å². The molecule has 5 nitrogen and oxygen atoms in total. The molecule has 0 heterocycles. The van der Waals surface area contributed by atoms with E-state index in [9.17, 15) is 9.59 Å². The van der Waals surface area contributed by atoms with Gasteiger partial charge in [0, 0.05) is 10.6 Å². The van der Waals surface area contributed by atoms with Crippen LogP contribution in [-0.4, -0.2) is 30.6 Å². The molecular formula is C15H19Cl2NO4. The Morgan fingerprint density at radius 3 is 2.50 bits per heavy atom. The number of carbonyl (C=O) groups is 2. The summed E-state index contributed by atoms with van der Waals surface area (Å²) in [5.74, 6) is -0.695. The highest BCUT2D eigenvalue weighted by molar-refractivity contribution is 6.35. The Bertz CT molecular complexity index is 546. The van der Waals surface area contributed by atoms with Gasteiger partial charge in [-0.05, 0) is 38.5 Å². The molecule has 0 bridgehead atoms. The van der Waals surface area contributed by atoms with Crippen LogP contribution in [0.4, 0.5) is 0 Å². The molecule has 0 spiro atoms. The second-order valence-corrected chi connectivity index (χ2v) is 6.15. The molecule has 122 valence electrons. The Morgan fingerprint density at radius 2 is 1.91 bits per heavy atom. The van der Waals surface area contributed by atoms with Gasteiger partial charge in [0.1, 0.15) is 5.75 Å². The summed E-state index contributed by atoms with van der Waals surface area (Å²) in [7, 11) is 0. The first-order valence-electron chi connectivity index (χ1n) is 6.78. The van der Waals surface area contributed by atoms with Crippen LogP contribution in [0.3, 0.4) is 0 Å². The van der Waals surface area contributed by atoms with Gasteiger partial charge in [0.2, 0.25) is 0 Å². The van der Waals surface area contributed by atoms with E-state index in [0.717, 1.165) is 6.42 Å². The Labute approximate surface area is 139 Å². The van der Waals surface area contributed by atoms with E-state index < -0.39 is 5.97 Å². The van der Waals surface area contributed by atoms with Crippen molar-refractivity contribution < 1.29 is 19.1 Å². The van der Waals surface area contributed by atoms with E-state index in [0.29, 0.717) is 15.8 Å². The number of ether oxygens (including phenoxy) is 2. The van der Waals surface area contributed by atoms with E-state index in [1.807, 2.05) is 20.8 Å². The molecule has 1 N–H and O–H groups in total. The average molecular weight is 348 g/mol. The number of hydrogen-bond donors (Lipinski definition) is 1. The van der Waals surface area contributed by atoms with E-state index in [4.69, 9.17) is 32.7 Å². The summed E-state index contributed by atoms with van der Waals surface area (Å²) in [4.78, 5) is 23.2. The van der Waals surface area contributed by atoms with Crippen molar-refractivity contribution in [3.8, 4) is 5.75 Å². The molecule has 1 aromatic rings. The predicted octanol–water partition coefficient (Wildman–Crippen LogP) is 3.22. The SMILES string of the molecule is CCC(C)(C)NC(=O)COC(=O)COc1ccc(Cl)cc1Cl. The molecule has 0 aliphatic rings. The fourth-order valence-corrected chi connectivity index (χ4v) is 1.88. The minimum absolute atomic E-state index is 0.294. The van der Waals surface area contributed by atoms with Crippen molar-refractivity contribution in [3.05, 3.63) is 28.2 Å². The van der Waals surface area contributed by atoms with Crippen molar-refractivity contribution >= 4 is 35.1 Å². The van der Waals surface area contributed by atoms with Crippen molar-refractivity contribution in [2.75, 3.05) is 13.2 Å². The van der Waals surface area contributed by atoms with Gasteiger partial charge in [-0.25, -0.2) is 4.79 Å². The van der Waals surface area contributed by atoms with Gasteiger partial charge < -0.3 is 14.8 Å².